The Morgan fingerprint density at radius 2 is 1.72 bits per heavy atom. The Morgan fingerprint density at radius 1 is 1.17 bits per heavy atom. The van der Waals surface area contributed by atoms with E-state index in [0.717, 1.165) is 18.8 Å². The maximum Gasteiger partial charge on any atom is 0.183 e. The summed E-state index contributed by atoms with van der Waals surface area (Å²) >= 11 is 0. The zero-order chi connectivity index (χ0) is 13.6. The van der Waals surface area contributed by atoms with E-state index in [-0.39, 0.29) is 11.7 Å². The molecule has 1 saturated heterocycles. The summed E-state index contributed by atoms with van der Waals surface area (Å²) in [5.74, 6) is 0. The third-order valence-corrected chi connectivity index (χ3v) is 2.57. The third kappa shape index (κ3) is 4.79. The summed E-state index contributed by atoms with van der Waals surface area (Å²) in [6, 6.07) is 8.28. The molecule has 2 heteroatoms. The van der Waals surface area contributed by atoms with Crippen molar-refractivity contribution in [2.75, 3.05) is 13.2 Å². The molecule has 1 aromatic carbocycles. The Hall–Kier alpha value is -0.860. The number of aryl methyl sites for hydroxylation is 1. The third-order valence-electron chi connectivity index (χ3n) is 2.57. The van der Waals surface area contributed by atoms with Crippen molar-refractivity contribution < 1.29 is 9.47 Å². The lowest BCUT2D eigenvalue weighted by Gasteiger charge is -2.34. The highest BCUT2D eigenvalue weighted by Crippen LogP contribution is 2.31. The van der Waals surface area contributed by atoms with Gasteiger partial charge in [0.15, 0.2) is 6.29 Å². The van der Waals surface area contributed by atoms with Crippen LogP contribution in [0, 0.1) is 12.3 Å². The molecule has 0 saturated carbocycles. The maximum absolute atomic E-state index is 5.71. The van der Waals surface area contributed by atoms with Crippen molar-refractivity contribution in [1.29, 1.82) is 0 Å². The van der Waals surface area contributed by atoms with Crippen molar-refractivity contribution in [1.82, 2.24) is 0 Å². The second-order valence-corrected chi connectivity index (χ2v) is 5.74. The van der Waals surface area contributed by atoms with Crippen molar-refractivity contribution in [3.63, 3.8) is 0 Å². The van der Waals surface area contributed by atoms with Gasteiger partial charge in [0.2, 0.25) is 0 Å². The lowest BCUT2D eigenvalue weighted by molar-refractivity contribution is -0.226. The molecule has 1 aromatic rings. The van der Waals surface area contributed by atoms with Crippen LogP contribution < -0.4 is 0 Å². The summed E-state index contributed by atoms with van der Waals surface area (Å²) in [4.78, 5) is 0. The monoisotopic (exact) mass is 250 g/mol. The molecule has 1 aliphatic heterocycles. The first-order valence-electron chi connectivity index (χ1n) is 6.78. The average molecular weight is 250 g/mol. The predicted molar refractivity (Wildman–Crippen MR) is 75.6 cm³/mol. The second-order valence-electron chi connectivity index (χ2n) is 5.74. The highest BCUT2D eigenvalue weighted by molar-refractivity contribution is 5.23. The Kier molecular flexibility index (Phi) is 5.83. The largest absolute Gasteiger partial charge is 0.348 e. The minimum Gasteiger partial charge on any atom is -0.348 e. The topological polar surface area (TPSA) is 18.5 Å². The second kappa shape index (κ2) is 6.91. The number of hydrogen-bond acceptors (Lipinski definition) is 2. The SMILES string of the molecule is CCC.Cc1cccc(C2OCC(C)(C)CO2)c1. The molecule has 0 N–H and O–H groups in total. The summed E-state index contributed by atoms with van der Waals surface area (Å²) in [5, 5.41) is 0. The molecule has 0 aliphatic carbocycles. The van der Waals surface area contributed by atoms with Crippen molar-refractivity contribution in [2.45, 2.75) is 47.3 Å². The van der Waals surface area contributed by atoms with Gasteiger partial charge in [0, 0.05) is 11.0 Å². The lowest BCUT2D eigenvalue weighted by Crippen LogP contribution is -2.33. The number of hydrogen-bond donors (Lipinski definition) is 0. The van der Waals surface area contributed by atoms with E-state index >= 15 is 0 Å². The first kappa shape index (κ1) is 15.2. The molecule has 1 heterocycles. The van der Waals surface area contributed by atoms with E-state index < -0.39 is 0 Å². The van der Waals surface area contributed by atoms with Gasteiger partial charge in [-0.3, -0.25) is 0 Å². The summed E-state index contributed by atoms with van der Waals surface area (Å²) in [6.07, 6.45) is 1.07. The number of benzene rings is 1. The van der Waals surface area contributed by atoms with Crippen LogP contribution in [0.15, 0.2) is 24.3 Å². The van der Waals surface area contributed by atoms with Crippen LogP contribution in [0.2, 0.25) is 0 Å². The van der Waals surface area contributed by atoms with Gasteiger partial charge in [-0.15, -0.1) is 0 Å². The molecular weight excluding hydrogens is 224 g/mol. The summed E-state index contributed by atoms with van der Waals surface area (Å²) in [7, 11) is 0. The van der Waals surface area contributed by atoms with Gasteiger partial charge in [-0.25, -0.2) is 0 Å². The molecule has 0 bridgehead atoms. The van der Waals surface area contributed by atoms with Crippen LogP contribution in [0.1, 0.15) is 51.5 Å². The fraction of sp³-hybridized carbons (Fsp3) is 0.625. The summed E-state index contributed by atoms with van der Waals surface area (Å²) in [5.41, 5.74) is 2.50. The van der Waals surface area contributed by atoms with Gasteiger partial charge in [0.1, 0.15) is 0 Å². The molecule has 2 nitrogen and oxygen atoms in total. The number of rotatable bonds is 1. The average Bonchev–Trinajstić information content (AvgIpc) is 2.30. The van der Waals surface area contributed by atoms with Gasteiger partial charge in [0.05, 0.1) is 13.2 Å². The van der Waals surface area contributed by atoms with Crippen molar-refractivity contribution in [3.8, 4) is 0 Å². The van der Waals surface area contributed by atoms with Crippen LogP contribution in [-0.4, -0.2) is 13.2 Å². The van der Waals surface area contributed by atoms with E-state index in [1.165, 1.54) is 12.0 Å². The molecular formula is C16H26O2. The summed E-state index contributed by atoms with van der Waals surface area (Å²) in [6.45, 7) is 12.1. The molecule has 0 aromatic heterocycles. The van der Waals surface area contributed by atoms with E-state index in [2.05, 4.69) is 52.8 Å². The molecule has 18 heavy (non-hydrogen) atoms. The molecule has 0 spiro atoms. The predicted octanol–water partition coefficient (Wildman–Crippen LogP) is 4.48. The van der Waals surface area contributed by atoms with E-state index in [4.69, 9.17) is 9.47 Å². The Labute approximate surface area is 111 Å². The first-order chi connectivity index (χ1) is 8.48. The lowest BCUT2D eigenvalue weighted by atomic mass is 9.95. The Balaban J connectivity index is 0.000000492. The zero-order valence-corrected chi connectivity index (χ0v) is 12.3. The number of ether oxygens (including phenoxy) is 2. The van der Waals surface area contributed by atoms with E-state index in [1.54, 1.807) is 0 Å². The highest BCUT2D eigenvalue weighted by Gasteiger charge is 2.28. The van der Waals surface area contributed by atoms with E-state index in [1.807, 2.05) is 6.07 Å². The van der Waals surface area contributed by atoms with Gasteiger partial charge in [-0.2, -0.15) is 0 Å². The van der Waals surface area contributed by atoms with Gasteiger partial charge < -0.3 is 9.47 Å². The van der Waals surface area contributed by atoms with Crippen LogP contribution in [0.3, 0.4) is 0 Å². The van der Waals surface area contributed by atoms with E-state index in [0.29, 0.717) is 0 Å². The van der Waals surface area contributed by atoms with Crippen molar-refractivity contribution in [3.05, 3.63) is 35.4 Å². The molecule has 1 fully saturated rings. The standard InChI is InChI=1S/C13H18O2.C3H8/c1-10-5-4-6-11(7-10)12-14-8-13(2,3)9-15-12;1-3-2/h4-7,12H,8-9H2,1-3H3;3H2,1-2H3. The van der Waals surface area contributed by atoms with Crippen LogP contribution in [-0.2, 0) is 9.47 Å². The Morgan fingerprint density at radius 3 is 2.22 bits per heavy atom. The molecule has 0 atom stereocenters. The molecule has 0 amide bonds. The highest BCUT2D eigenvalue weighted by atomic mass is 16.7. The van der Waals surface area contributed by atoms with Gasteiger partial charge in [0.25, 0.3) is 0 Å². The van der Waals surface area contributed by atoms with Crippen LogP contribution >= 0.6 is 0 Å². The zero-order valence-electron chi connectivity index (χ0n) is 12.3. The fourth-order valence-corrected chi connectivity index (χ4v) is 1.70. The minimum atomic E-state index is -0.182. The van der Waals surface area contributed by atoms with E-state index in [9.17, 15) is 0 Å². The van der Waals surface area contributed by atoms with Crippen molar-refractivity contribution in [2.24, 2.45) is 5.41 Å². The van der Waals surface area contributed by atoms with Crippen LogP contribution in [0.4, 0.5) is 0 Å². The molecule has 1 aliphatic rings. The van der Waals surface area contributed by atoms with Crippen molar-refractivity contribution >= 4 is 0 Å². The molecule has 0 unspecified atom stereocenters. The first-order valence-corrected chi connectivity index (χ1v) is 6.78. The van der Waals surface area contributed by atoms with Gasteiger partial charge in [-0.1, -0.05) is 63.9 Å². The Bertz CT molecular complexity index is 348. The fourth-order valence-electron chi connectivity index (χ4n) is 1.70. The van der Waals surface area contributed by atoms with Gasteiger partial charge in [-0.05, 0) is 6.92 Å². The smallest absolute Gasteiger partial charge is 0.183 e. The van der Waals surface area contributed by atoms with Crippen LogP contribution in [0.5, 0.6) is 0 Å². The minimum absolute atomic E-state index is 0.139. The molecule has 2 rings (SSSR count). The summed E-state index contributed by atoms with van der Waals surface area (Å²) < 4.78 is 11.4. The molecule has 102 valence electrons. The normalized spacial score (nSPS) is 18.9. The maximum atomic E-state index is 5.71. The molecule has 0 radical (unpaired) electrons. The van der Waals surface area contributed by atoms with Gasteiger partial charge >= 0.3 is 0 Å². The quantitative estimate of drug-likeness (QED) is 0.731. The van der Waals surface area contributed by atoms with Crippen LogP contribution in [0.25, 0.3) is 0 Å².